The fourth-order valence-electron chi connectivity index (χ4n) is 3.42. The minimum Gasteiger partial charge on any atom is -0.497 e. The number of nitrogens with one attached hydrogen (secondary N) is 2. The second kappa shape index (κ2) is 9.84. The highest BCUT2D eigenvalue weighted by Crippen LogP contribution is 2.38. The first-order chi connectivity index (χ1) is 15.2. The molecule has 2 N–H and O–H groups in total. The molecule has 3 aromatic rings. The van der Waals surface area contributed by atoms with E-state index in [4.69, 9.17) is 9.47 Å². The topological polar surface area (TPSA) is 90.3 Å². The number of carbonyl (C=O) groups excluding carboxylic acids is 1. The van der Waals surface area contributed by atoms with E-state index in [0.29, 0.717) is 24.1 Å². The summed E-state index contributed by atoms with van der Waals surface area (Å²) >= 11 is 1.41. The lowest BCUT2D eigenvalue weighted by atomic mass is 10.0. The van der Waals surface area contributed by atoms with Gasteiger partial charge in [0.1, 0.15) is 11.0 Å². The third-order valence-electron chi connectivity index (χ3n) is 5.03. The number of thioether (sulfide) groups is 1. The molecule has 2 aromatic carbocycles. The van der Waals surface area contributed by atoms with Crippen molar-refractivity contribution in [2.24, 2.45) is 0 Å². The first-order valence-corrected chi connectivity index (χ1v) is 10.9. The Bertz CT molecular complexity index is 1010. The van der Waals surface area contributed by atoms with E-state index in [9.17, 15) is 4.79 Å². The molecule has 1 aliphatic rings. The van der Waals surface area contributed by atoms with Gasteiger partial charge in [0.05, 0.1) is 13.2 Å². The molecule has 0 bridgehead atoms. The van der Waals surface area contributed by atoms with E-state index in [2.05, 4.69) is 20.9 Å². The molecule has 8 nitrogen and oxygen atoms in total. The SMILES string of the molecule is COCCCNC(=O)[C@H]1Sc2nnc(-c3ccccc3)n2N[C@H]1c1ccc(OC)cc1. The summed E-state index contributed by atoms with van der Waals surface area (Å²) in [5.74, 6) is 1.42. The molecular formula is C22H25N5O3S. The number of methoxy groups -OCH3 is 2. The maximum atomic E-state index is 13.1. The quantitative estimate of drug-likeness (QED) is 0.522. The van der Waals surface area contributed by atoms with Crippen molar-refractivity contribution in [1.29, 1.82) is 0 Å². The summed E-state index contributed by atoms with van der Waals surface area (Å²) in [7, 11) is 3.29. The molecule has 0 unspecified atom stereocenters. The Morgan fingerprint density at radius 2 is 1.90 bits per heavy atom. The highest BCUT2D eigenvalue weighted by atomic mass is 32.2. The molecule has 9 heteroatoms. The Kier molecular flexibility index (Phi) is 6.73. The van der Waals surface area contributed by atoms with Crippen LogP contribution < -0.4 is 15.5 Å². The molecule has 0 spiro atoms. The van der Waals surface area contributed by atoms with E-state index < -0.39 is 5.25 Å². The van der Waals surface area contributed by atoms with Gasteiger partial charge in [-0.15, -0.1) is 10.2 Å². The Balaban J connectivity index is 1.64. The second-order valence-corrected chi connectivity index (χ2v) is 8.17. The van der Waals surface area contributed by atoms with Crippen molar-refractivity contribution < 1.29 is 14.3 Å². The van der Waals surface area contributed by atoms with Crippen LogP contribution in [0.4, 0.5) is 0 Å². The summed E-state index contributed by atoms with van der Waals surface area (Å²) in [5, 5.41) is 12.0. The van der Waals surface area contributed by atoms with Gasteiger partial charge in [-0.25, -0.2) is 4.68 Å². The Hall–Kier alpha value is -3.04. The van der Waals surface area contributed by atoms with Gasteiger partial charge in [0.2, 0.25) is 11.1 Å². The Labute approximate surface area is 185 Å². The lowest BCUT2D eigenvalue weighted by Gasteiger charge is -2.33. The van der Waals surface area contributed by atoms with E-state index in [0.717, 1.165) is 23.3 Å². The van der Waals surface area contributed by atoms with Crippen molar-refractivity contribution >= 4 is 17.7 Å². The highest BCUT2D eigenvalue weighted by Gasteiger charge is 2.37. The molecular weight excluding hydrogens is 414 g/mol. The number of carbonyl (C=O) groups is 1. The van der Waals surface area contributed by atoms with Crippen molar-refractivity contribution in [2.75, 3.05) is 32.8 Å². The fourth-order valence-corrected chi connectivity index (χ4v) is 4.52. The molecule has 162 valence electrons. The van der Waals surface area contributed by atoms with Gasteiger partial charge in [0.15, 0.2) is 5.82 Å². The van der Waals surface area contributed by atoms with Crippen LogP contribution in [0.25, 0.3) is 11.4 Å². The molecule has 0 fully saturated rings. The number of hydrogen-bond acceptors (Lipinski definition) is 7. The minimum atomic E-state index is -0.406. The number of aromatic nitrogens is 3. The molecule has 0 radical (unpaired) electrons. The average molecular weight is 440 g/mol. The van der Waals surface area contributed by atoms with E-state index >= 15 is 0 Å². The number of benzene rings is 2. The van der Waals surface area contributed by atoms with Gasteiger partial charge in [-0.05, 0) is 24.1 Å². The van der Waals surface area contributed by atoms with Gasteiger partial charge >= 0.3 is 0 Å². The van der Waals surface area contributed by atoms with Gasteiger partial charge in [0, 0.05) is 25.8 Å². The van der Waals surface area contributed by atoms with Gasteiger partial charge in [0.25, 0.3) is 0 Å². The van der Waals surface area contributed by atoms with Gasteiger partial charge in [-0.3, -0.25) is 4.79 Å². The third kappa shape index (κ3) is 4.67. The minimum absolute atomic E-state index is 0.0510. The molecule has 1 aromatic heterocycles. The van der Waals surface area contributed by atoms with Crippen molar-refractivity contribution in [3.05, 3.63) is 60.2 Å². The lowest BCUT2D eigenvalue weighted by molar-refractivity contribution is -0.121. The second-order valence-electron chi connectivity index (χ2n) is 7.06. The van der Waals surface area contributed by atoms with Crippen LogP contribution in [0.15, 0.2) is 59.8 Å². The number of rotatable bonds is 8. The zero-order valence-electron chi connectivity index (χ0n) is 17.4. The molecule has 2 atom stereocenters. The van der Waals surface area contributed by atoms with Crippen molar-refractivity contribution in [3.8, 4) is 17.1 Å². The zero-order chi connectivity index (χ0) is 21.6. The number of fused-ring (bicyclic) bond motifs is 1. The van der Waals surface area contributed by atoms with E-state index in [1.807, 2.05) is 59.3 Å². The predicted molar refractivity (Wildman–Crippen MR) is 120 cm³/mol. The van der Waals surface area contributed by atoms with Crippen LogP contribution in [0.2, 0.25) is 0 Å². The van der Waals surface area contributed by atoms with Gasteiger partial charge in [-0.2, -0.15) is 0 Å². The molecule has 0 saturated carbocycles. The molecule has 2 heterocycles. The number of amides is 1. The average Bonchev–Trinajstić information content (AvgIpc) is 3.24. The largest absolute Gasteiger partial charge is 0.497 e. The normalized spacial score (nSPS) is 17.5. The summed E-state index contributed by atoms with van der Waals surface area (Å²) in [6, 6.07) is 17.3. The molecule has 0 aliphatic carbocycles. The molecule has 31 heavy (non-hydrogen) atoms. The summed E-state index contributed by atoms with van der Waals surface area (Å²) in [6.45, 7) is 1.16. The van der Waals surface area contributed by atoms with Crippen LogP contribution in [-0.4, -0.2) is 53.4 Å². The molecule has 1 aliphatic heterocycles. The Morgan fingerprint density at radius 1 is 1.13 bits per heavy atom. The molecule has 1 amide bonds. The smallest absolute Gasteiger partial charge is 0.236 e. The predicted octanol–water partition coefficient (Wildman–Crippen LogP) is 2.87. The molecule has 0 saturated heterocycles. The standard InChI is InChI=1S/C22H25N5O3S/c1-29-14-6-13-23-21(28)19-18(15-9-11-17(30-2)12-10-15)26-27-20(24-25-22(27)31-19)16-7-4-3-5-8-16/h3-5,7-12,18-19,26H,6,13-14H2,1-2H3,(H,23,28)/t18-,19-/m0/s1. The van der Waals surface area contributed by atoms with Crippen molar-refractivity contribution in [3.63, 3.8) is 0 Å². The fraction of sp³-hybridized carbons (Fsp3) is 0.318. The molecule has 4 rings (SSSR count). The van der Waals surface area contributed by atoms with Crippen LogP contribution in [0.5, 0.6) is 5.75 Å². The van der Waals surface area contributed by atoms with Gasteiger partial charge in [-0.1, -0.05) is 54.2 Å². The zero-order valence-corrected chi connectivity index (χ0v) is 18.3. The van der Waals surface area contributed by atoms with Crippen LogP contribution in [0.3, 0.4) is 0 Å². The van der Waals surface area contributed by atoms with Crippen molar-refractivity contribution in [2.45, 2.75) is 22.9 Å². The third-order valence-corrected chi connectivity index (χ3v) is 6.24. The van der Waals surface area contributed by atoms with Crippen LogP contribution >= 0.6 is 11.8 Å². The van der Waals surface area contributed by atoms with Crippen LogP contribution in [0.1, 0.15) is 18.0 Å². The van der Waals surface area contributed by atoms with E-state index in [-0.39, 0.29) is 11.9 Å². The van der Waals surface area contributed by atoms with E-state index in [1.165, 1.54) is 11.8 Å². The van der Waals surface area contributed by atoms with Crippen LogP contribution in [0, 0.1) is 0 Å². The summed E-state index contributed by atoms with van der Waals surface area (Å²) in [5.41, 5.74) is 5.40. The van der Waals surface area contributed by atoms with Crippen molar-refractivity contribution in [1.82, 2.24) is 20.2 Å². The van der Waals surface area contributed by atoms with Crippen LogP contribution in [-0.2, 0) is 9.53 Å². The summed E-state index contributed by atoms with van der Waals surface area (Å²) in [6.07, 6.45) is 0.759. The maximum Gasteiger partial charge on any atom is 0.236 e. The number of ether oxygens (including phenoxy) is 2. The summed E-state index contributed by atoms with van der Waals surface area (Å²) < 4.78 is 12.2. The summed E-state index contributed by atoms with van der Waals surface area (Å²) in [4.78, 5) is 13.1. The maximum absolute atomic E-state index is 13.1. The van der Waals surface area contributed by atoms with Gasteiger partial charge < -0.3 is 20.2 Å². The van der Waals surface area contributed by atoms with E-state index in [1.54, 1.807) is 14.2 Å². The number of hydrogen-bond donors (Lipinski definition) is 2. The lowest BCUT2D eigenvalue weighted by Crippen LogP contribution is -2.44. The monoisotopic (exact) mass is 439 g/mol. The Morgan fingerprint density at radius 3 is 2.61 bits per heavy atom. The highest BCUT2D eigenvalue weighted by molar-refractivity contribution is 8.00. The first kappa shape index (κ1) is 21.2. The number of nitrogens with zero attached hydrogens (tertiary/aromatic N) is 3. The first-order valence-electron chi connectivity index (χ1n) is 10.1.